The van der Waals surface area contributed by atoms with Crippen molar-refractivity contribution < 1.29 is 14.7 Å². The molecule has 10 nitrogen and oxygen atoms in total. The molecular formula is C22H27N7O3. The molecule has 2 aliphatic heterocycles. The van der Waals surface area contributed by atoms with Crippen LogP contribution in [-0.2, 0) is 9.59 Å². The summed E-state index contributed by atoms with van der Waals surface area (Å²) in [5.41, 5.74) is 2.42. The largest absolute Gasteiger partial charge is 0.387 e. The van der Waals surface area contributed by atoms with Gasteiger partial charge in [0.15, 0.2) is 11.6 Å². The van der Waals surface area contributed by atoms with Gasteiger partial charge in [-0.25, -0.2) is 4.98 Å². The van der Waals surface area contributed by atoms with Crippen molar-refractivity contribution in [2.75, 3.05) is 26.2 Å². The van der Waals surface area contributed by atoms with E-state index in [4.69, 9.17) is 0 Å². The number of tetrazole rings is 1. The number of hydrogen-bond donors (Lipinski definition) is 1. The van der Waals surface area contributed by atoms with Crippen LogP contribution in [0.4, 0.5) is 0 Å². The molecule has 0 saturated carbocycles. The van der Waals surface area contributed by atoms with Gasteiger partial charge in [-0.1, -0.05) is 6.07 Å². The van der Waals surface area contributed by atoms with Gasteiger partial charge in [-0.2, -0.15) is 4.68 Å². The molecular weight excluding hydrogens is 410 g/mol. The molecule has 2 aromatic heterocycles. The van der Waals surface area contributed by atoms with Crippen LogP contribution < -0.4 is 0 Å². The maximum atomic E-state index is 12.7. The summed E-state index contributed by atoms with van der Waals surface area (Å²) in [5.74, 6) is 0.907. The van der Waals surface area contributed by atoms with Crippen LogP contribution in [0.5, 0.6) is 0 Å². The number of carbonyl (C=O) groups is 2. The predicted octanol–water partition coefficient (Wildman–Crippen LogP) is 1.04. The van der Waals surface area contributed by atoms with E-state index in [1.165, 1.54) is 11.0 Å². The fourth-order valence-corrected chi connectivity index (χ4v) is 5.14. The predicted molar refractivity (Wildman–Crippen MR) is 113 cm³/mol. The van der Waals surface area contributed by atoms with Crippen molar-refractivity contribution in [3.05, 3.63) is 41.5 Å². The minimum Gasteiger partial charge on any atom is -0.387 e. The Labute approximate surface area is 185 Å². The number of pyridine rings is 1. The molecule has 2 aromatic rings. The molecule has 4 heterocycles. The van der Waals surface area contributed by atoms with Gasteiger partial charge in [-0.3, -0.25) is 9.59 Å². The third-order valence-corrected chi connectivity index (χ3v) is 7.17. The number of allylic oxidation sites excluding steroid dienone is 2. The summed E-state index contributed by atoms with van der Waals surface area (Å²) in [6.07, 6.45) is 6.08. The first kappa shape index (κ1) is 20.9. The molecule has 1 amide bonds. The van der Waals surface area contributed by atoms with Gasteiger partial charge in [0.05, 0.1) is 6.10 Å². The highest BCUT2D eigenvalue weighted by molar-refractivity contribution is 5.99. The number of nitrogens with zero attached hydrogens (tertiary/aromatic N) is 7. The molecule has 2 fully saturated rings. The average Bonchev–Trinajstić information content (AvgIpc) is 3.51. The van der Waals surface area contributed by atoms with Crippen molar-refractivity contribution >= 4 is 11.7 Å². The molecule has 168 valence electrons. The Bertz CT molecular complexity index is 1040. The molecule has 0 radical (unpaired) electrons. The van der Waals surface area contributed by atoms with Crippen LogP contribution in [0.3, 0.4) is 0 Å². The number of Topliss-reactive ketones (excluding diaryl/α,β-unsaturated/α-hetero) is 1. The third kappa shape index (κ3) is 3.84. The molecule has 0 aromatic carbocycles. The molecule has 0 bridgehead atoms. The third-order valence-electron chi connectivity index (χ3n) is 7.17. The smallest absolute Gasteiger partial charge is 0.227 e. The summed E-state index contributed by atoms with van der Waals surface area (Å²) in [4.78, 5) is 33.1. The summed E-state index contributed by atoms with van der Waals surface area (Å²) < 4.78 is 1.46. The van der Waals surface area contributed by atoms with Crippen LogP contribution in [0.1, 0.15) is 50.7 Å². The molecule has 1 N–H and O–H groups in total. The van der Waals surface area contributed by atoms with Crippen molar-refractivity contribution in [2.45, 2.75) is 45.1 Å². The zero-order valence-electron chi connectivity index (χ0n) is 18.1. The Morgan fingerprint density at radius 3 is 2.62 bits per heavy atom. The minimum atomic E-state index is -0.640. The Morgan fingerprint density at radius 2 is 2.00 bits per heavy atom. The number of ketones is 1. The molecule has 32 heavy (non-hydrogen) atoms. The van der Waals surface area contributed by atoms with E-state index in [9.17, 15) is 14.7 Å². The lowest BCUT2D eigenvalue weighted by molar-refractivity contribution is -0.126. The van der Waals surface area contributed by atoms with Crippen molar-refractivity contribution in [3.63, 3.8) is 0 Å². The number of hydrogen-bond acceptors (Lipinski definition) is 8. The fraction of sp³-hybridized carbons (Fsp3) is 0.545. The second-order valence-electron chi connectivity index (χ2n) is 9.17. The van der Waals surface area contributed by atoms with E-state index < -0.39 is 6.10 Å². The quantitative estimate of drug-likeness (QED) is 0.737. The Morgan fingerprint density at radius 1 is 1.19 bits per heavy atom. The minimum absolute atomic E-state index is 0.0213. The van der Waals surface area contributed by atoms with Crippen LogP contribution in [-0.4, -0.2) is 78.0 Å². The number of piperidine rings is 1. The maximum Gasteiger partial charge on any atom is 0.227 e. The van der Waals surface area contributed by atoms with Crippen LogP contribution in [0, 0.1) is 5.41 Å². The number of aliphatic hydroxyl groups is 1. The van der Waals surface area contributed by atoms with Gasteiger partial charge < -0.3 is 14.9 Å². The first-order chi connectivity index (χ1) is 15.4. The summed E-state index contributed by atoms with van der Waals surface area (Å²) in [7, 11) is 0. The fourth-order valence-electron chi connectivity index (χ4n) is 5.14. The maximum absolute atomic E-state index is 12.7. The molecule has 2 saturated heterocycles. The number of aliphatic hydroxyl groups excluding tert-OH is 1. The normalized spacial score (nSPS) is 22.4. The number of likely N-dealkylation sites (tertiary alicyclic amines) is 2. The average molecular weight is 438 g/mol. The van der Waals surface area contributed by atoms with E-state index in [0.29, 0.717) is 38.2 Å². The van der Waals surface area contributed by atoms with E-state index in [1.54, 1.807) is 12.3 Å². The van der Waals surface area contributed by atoms with Crippen molar-refractivity contribution in [3.8, 4) is 5.82 Å². The monoisotopic (exact) mass is 437 g/mol. The Hall–Kier alpha value is -2.98. The molecule has 0 unspecified atom stereocenters. The number of rotatable bonds is 5. The molecule has 10 heteroatoms. The summed E-state index contributed by atoms with van der Waals surface area (Å²) in [6, 6.07) is 3.62. The second kappa shape index (κ2) is 8.18. The van der Waals surface area contributed by atoms with Crippen molar-refractivity contribution in [2.24, 2.45) is 5.41 Å². The molecule has 1 atom stereocenters. The van der Waals surface area contributed by atoms with Crippen LogP contribution in [0.2, 0.25) is 0 Å². The van der Waals surface area contributed by atoms with Crippen LogP contribution in [0.25, 0.3) is 5.82 Å². The lowest BCUT2D eigenvalue weighted by atomic mass is 9.77. The highest BCUT2D eigenvalue weighted by Crippen LogP contribution is 2.44. The molecule has 1 aliphatic carbocycles. The SMILES string of the molecule is CC1=C(N2CC3(CCN(C[C@H](O)c4ccc(-n5cnnn5)nc4)CC3)CC2=O)CCC1=O. The first-order valence-electron chi connectivity index (χ1n) is 11.1. The number of carbonyl (C=O) groups excluding carboxylic acids is 2. The molecule has 3 aliphatic rings. The van der Waals surface area contributed by atoms with E-state index in [0.717, 1.165) is 42.8 Å². The van der Waals surface area contributed by atoms with Gasteiger partial charge in [-0.15, -0.1) is 5.10 Å². The topological polar surface area (TPSA) is 117 Å². The van der Waals surface area contributed by atoms with E-state index in [-0.39, 0.29) is 17.1 Å². The van der Waals surface area contributed by atoms with Crippen LogP contribution >= 0.6 is 0 Å². The highest BCUT2D eigenvalue weighted by atomic mass is 16.3. The van der Waals surface area contributed by atoms with Gasteiger partial charge in [0.25, 0.3) is 0 Å². The Kier molecular flexibility index (Phi) is 5.34. The van der Waals surface area contributed by atoms with Crippen molar-refractivity contribution in [1.82, 2.24) is 35.0 Å². The summed E-state index contributed by atoms with van der Waals surface area (Å²) in [6.45, 7) is 4.76. The first-order valence-corrected chi connectivity index (χ1v) is 11.1. The van der Waals surface area contributed by atoms with Gasteiger partial charge in [0.2, 0.25) is 5.91 Å². The lowest BCUT2D eigenvalue weighted by Crippen LogP contribution is -2.43. The van der Waals surface area contributed by atoms with Gasteiger partial charge >= 0.3 is 0 Å². The number of β-amino-alcohol motifs (C(OH)–C–C–N with tert-alkyl or cyclic N) is 1. The second-order valence-corrected chi connectivity index (χ2v) is 9.17. The van der Waals surface area contributed by atoms with Crippen LogP contribution in [0.15, 0.2) is 35.9 Å². The zero-order valence-corrected chi connectivity index (χ0v) is 18.1. The number of amides is 1. The lowest BCUT2D eigenvalue weighted by Gasteiger charge is -2.39. The number of aromatic nitrogens is 5. The summed E-state index contributed by atoms with van der Waals surface area (Å²) in [5, 5.41) is 21.7. The zero-order chi connectivity index (χ0) is 22.3. The van der Waals surface area contributed by atoms with Gasteiger partial charge in [0, 0.05) is 49.0 Å². The molecule has 5 rings (SSSR count). The van der Waals surface area contributed by atoms with E-state index in [2.05, 4.69) is 25.4 Å². The highest BCUT2D eigenvalue weighted by Gasteiger charge is 2.46. The van der Waals surface area contributed by atoms with E-state index >= 15 is 0 Å². The summed E-state index contributed by atoms with van der Waals surface area (Å²) >= 11 is 0. The van der Waals surface area contributed by atoms with Crippen molar-refractivity contribution in [1.29, 1.82) is 0 Å². The van der Waals surface area contributed by atoms with E-state index in [1.807, 2.05) is 17.9 Å². The molecule has 1 spiro atoms. The van der Waals surface area contributed by atoms with Gasteiger partial charge in [0.1, 0.15) is 6.33 Å². The Balaban J connectivity index is 1.17. The standard InChI is InChI=1S/C22H27N7O3/c1-15-17(3-4-18(15)30)28-13-22(10-21(28)32)6-8-27(9-7-22)12-19(31)16-2-5-20(23-11-16)29-14-24-25-26-29/h2,5,11,14,19,31H,3-4,6-10,12-13H2,1H3/t19-/m0/s1. The van der Waals surface area contributed by atoms with Gasteiger partial charge in [-0.05, 0) is 61.2 Å².